The molecule has 1 aromatic heterocycles. The summed E-state index contributed by atoms with van der Waals surface area (Å²) in [5, 5.41) is 1.97. The molecule has 1 fully saturated rings. The molecule has 21 heavy (non-hydrogen) atoms. The van der Waals surface area contributed by atoms with Crippen molar-refractivity contribution in [1.82, 2.24) is 4.90 Å². The molecule has 0 atom stereocenters. The number of amides is 1. The van der Waals surface area contributed by atoms with Gasteiger partial charge in [0.15, 0.2) is 0 Å². The number of carbonyl (C=O) groups is 1. The Labute approximate surface area is 127 Å². The summed E-state index contributed by atoms with van der Waals surface area (Å²) < 4.78 is 13.8. The first kappa shape index (κ1) is 14.0. The zero-order valence-electron chi connectivity index (χ0n) is 11.5. The summed E-state index contributed by atoms with van der Waals surface area (Å²) in [5.41, 5.74) is 0.572. The smallest absolute Gasteiger partial charge is 0.247 e. The molecule has 1 heterocycles. The van der Waals surface area contributed by atoms with Crippen molar-refractivity contribution in [3.63, 3.8) is 0 Å². The Hall–Kier alpha value is -1.94. The average molecular weight is 301 g/mol. The van der Waals surface area contributed by atoms with E-state index in [4.69, 9.17) is 0 Å². The van der Waals surface area contributed by atoms with Gasteiger partial charge in [0.05, 0.1) is 0 Å². The fourth-order valence-electron chi connectivity index (χ4n) is 2.22. The number of thiophene rings is 1. The minimum absolute atomic E-state index is 0.0471. The summed E-state index contributed by atoms with van der Waals surface area (Å²) in [6.45, 7) is 0.338. The van der Waals surface area contributed by atoms with E-state index < -0.39 is 0 Å². The molecule has 1 aliphatic carbocycles. The number of halogens is 1. The monoisotopic (exact) mass is 301 g/mol. The van der Waals surface area contributed by atoms with Crippen LogP contribution in [0.4, 0.5) is 4.39 Å². The molecule has 0 unspecified atom stereocenters. The Bertz CT molecular complexity index is 647. The van der Waals surface area contributed by atoms with E-state index in [-0.39, 0.29) is 17.8 Å². The molecule has 1 amide bonds. The lowest BCUT2D eigenvalue weighted by atomic mass is 10.2. The van der Waals surface area contributed by atoms with Crippen LogP contribution in [0.15, 0.2) is 47.9 Å². The maximum Gasteiger partial charge on any atom is 0.247 e. The first-order valence-electron chi connectivity index (χ1n) is 6.99. The second kappa shape index (κ2) is 6.22. The van der Waals surface area contributed by atoms with Crippen molar-refractivity contribution < 1.29 is 9.18 Å². The third kappa shape index (κ3) is 3.58. The molecule has 1 aromatic carbocycles. The summed E-state index contributed by atoms with van der Waals surface area (Å²) in [4.78, 5) is 15.2. The number of rotatable bonds is 5. The highest BCUT2D eigenvalue weighted by Gasteiger charge is 2.31. The average Bonchev–Trinajstić information content (AvgIpc) is 3.19. The van der Waals surface area contributed by atoms with Crippen molar-refractivity contribution in [3.8, 4) is 0 Å². The minimum atomic E-state index is -0.252. The Morgan fingerprint density at radius 1 is 1.29 bits per heavy atom. The predicted molar refractivity (Wildman–Crippen MR) is 83.3 cm³/mol. The van der Waals surface area contributed by atoms with Gasteiger partial charge in [0, 0.05) is 29.1 Å². The van der Waals surface area contributed by atoms with Crippen molar-refractivity contribution in [2.45, 2.75) is 25.4 Å². The van der Waals surface area contributed by atoms with Crippen LogP contribution >= 0.6 is 11.3 Å². The Morgan fingerprint density at radius 2 is 2.10 bits per heavy atom. The van der Waals surface area contributed by atoms with E-state index in [1.165, 1.54) is 6.07 Å². The number of hydrogen-bond donors (Lipinski definition) is 0. The minimum Gasteiger partial charge on any atom is -0.332 e. The van der Waals surface area contributed by atoms with Gasteiger partial charge in [-0.05, 0) is 36.4 Å². The highest BCUT2D eigenvalue weighted by atomic mass is 32.1. The van der Waals surface area contributed by atoms with Gasteiger partial charge in [-0.25, -0.2) is 4.39 Å². The van der Waals surface area contributed by atoms with Crippen molar-refractivity contribution in [2.24, 2.45) is 0 Å². The summed E-state index contributed by atoms with van der Waals surface area (Å²) in [6, 6.07) is 10.8. The van der Waals surface area contributed by atoms with Crippen LogP contribution in [-0.2, 0) is 11.3 Å². The number of nitrogens with zero attached hydrogens (tertiary/aromatic N) is 1. The third-order valence-corrected chi connectivity index (χ3v) is 4.34. The third-order valence-electron chi connectivity index (χ3n) is 3.50. The molecule has 1 saturated carbocycles. The largest absolute Gasteiger partial charge is 0.332 e. The highest BCUT2D eigenvalue weighted by molar-refractivity contribution is 7.10. The zero-order valence-corrected chi connectivity index (χ0v) is 12.4. The summed E-state index contributed by atoms with van der Waals surface area (Å²) in [7, 11) is 0. The van der Waals surface area contributed by atoms with E-state index in [1.54, 1.807) is 40.5 Å². The van der Waals surface area contributed by atoms with E-state index in [9.17, 15) is 9.18 Å². The van der Waals surface area contributed by atoms with Crippen LogP contribution in [0.3, 0.4) is 0 Å². The Balaban J connectivity index is 1.72. The summed E-state index contributed by atoms with van der Waals surface area (Å²) in [5.74, 6) is -0.299. The van der Waals surface area contributed by atoms with E-state index in [0.29, 0.717) is 12.1 Å². The first-order chi connectivity index (χ1) is 10.2. The van der Waals surface area contributed by atoms with Crippen LogP contribution in [0.1, 0.15) is 23.3 Å². The molecule has 0 radical (unpaired) electrons. The molecule has 1 aliphatic rings. The van der Waals surface area contributed by atoms with Crippen molar-refractivity contribution in [1.29, 1.82) is 0 Å². The molecule has 2 nitrogen and oxygen atoms in total. The van der Waals surface area contributed by atoms with Crippen LogP contribution < -0.4 is 0 Å². The van der Waals surface area contributed by atoms with E-state index in [2.05, 4.69) is 0 Å². The summed E-state index contributed by atoms with van der Waals surface area (Å²) in [6.07, 6.45) is 5.43. The molecule has 4 heteroatoms. The SMILES string of the molecule is O=C(C=Cc1cccs1)N(Cc1ccccc1F)C1CC1. The van der Waals surface area contributed by atoms with Gasteiger partial charge in [-0.2, -0.15) is 0 Å². The highest BCUT2D eigenvalue weighted by Crippen LogP contribution is 2.29. The molecule has 0 aliphatic heterocycles. The standard InChI is InChI=1S/C17H16FNOS/c18-16-6-2-1-4-13(16)12-19(14-7-8-14)17(20)10-9-15-5-3-11-21-15/h1-6,9-11,14H,7-8,12H2. The number of benzene rings is 1. The van der Waals surface area contributed by atoms with E-state index >= 15 is 0 Å². The van der Waals surface area contributed by atoms with E-state index in [0.717, 1.165) is 17.7 Å². The van der Waals surface area contributed by atoms with E-state index in [1.807, 2.05) is 23.6 Å². The van der Waals surface area contributed by atoms with Gasteiger partial charge < -0.3 is 4.90 Å². The van der Waals surface area contributed by atoms with Gasteiger partial charge in [0.1, 0.15) is 5.82 Å². The molecule has 108 valence electrons. The second-order valence-electron chi connectivity index (χ2n) is 5.14. The van der Waals surface area contributed by atoms with Crippen molar-refractivity contribution in [2.75, 3.05) is 0 Å². The second-order valence-corrected chi connectivity index (χ2v) is 6.12. The molecule has 2 aromatic rings. The Kier molecular flexibility index (Phi) is 4.15. The molecule has 0 spiro atoms. The van der Waals surface area contributed by atoms with Gasteiger partial charge in [0.2, 0.25) is 5.91 Å². The van der Waals surface area contributed by atoms with Crippen LogP contribution in [-0.4, -0.2) is 16.8 Å². The molecule has 0 saturated heterocycles. The molecule has 0 bridgehead atoms. The van der Waals surface area contributed by atoms with Gasteiger partial charge >= 0.3 is 0 Å². The van der Waals surface area contributed by atoms with Gasteiger partial charge in [-0.3, -0.25) is 4.79 Å². The fourth-order valence-corrected chi connectivity index (χ4v) is 2.84. The van der Waals surface area contributed by atoms with Crippen molar-refractivity contribution >= 4 is 23.3 Å². The number of hydrogen-bond acceptors (Lipinski definition) is 2. The van der Waals surface area contributed by atoms with Crippen LogP contribution in [0.25, 0.3) is 6.08 Å². The Morgan fingerprint density at radius 3 is 2.76 bits per heavy atom. The molecular formula is C17H16FNOS. The van der Waals surface area contributed by atoms with Crippen molar-refractivity contribution in [3.05, 3.63) is 64.1 Å². The van der Waals surface area contributed by atoms with Crippen LogP contribution in [0, 0.1) is 5.82 Å². The topological polar surface area (TPSA) is 20.3 Å². The first-order valence-corrected chi connectivity index (χ1v) is 7.87. The molecule has 0 N–H and O–H groups in total. The zero-order chi connectivity index (χ0) is 14.7. The van der Waals surface area contributed by atoms with Crippen LogP contribution in [0.2, 0.25) is 0 Å². The normalized spacial score (nSPS) is 14.5. The maximum atomic E-state index is 13.8. The fraction of sp³-hybridized carbons (Fsp3) is 0.235. The molecule has 3 rings (SSSR count). The maximum absolute atomic E-state index is 13.8. The van der Waals surface area contributed by atoms with Gasteiger partial charge in [-0.15, -0.1) is 11.3 Å². The number of carbonyl (C=O) groups excluding carboxylic acids is 1. The lowest BCUT2D eigenvalue weighted by Gasteiger charge is -2.21. The van der Waals surface area contributed by atoms with Gasteiger partial charge in [0.25, 0.3) is 0 Å². The van der Waals surface area contributed by atoms with Crippen LogP contribution in [0.5, 0.6) is 0 Å². The predicted octanol–water partition coefficient (Wildman–Crippen LogP) is 4.09. The lowest BCUT2D eigenvalue weighted by molar-refractivity contribution is -0.127. The molecular weight excluding hydrogens is 285 g/mol. The van der Waals surface area contributed by atoms with Gasteiger partial charge in [-0.1, -0.05) is 24.3 Å². The quantitative estimate of drug-likeness (QED) is 0.762. The summed E-state index contributed by atoms with van der Waals surface area (Å²) >= 11 is 1.59. The lowest BCUT2D eigenvalue weighted by Crippen LogP contribution is -2.31.